The summed E-state index contributed by atoms with van der Waals surface area (Å²) in [6.45, 7) is 2.02. The molecule has 3 aromatic rings. The third-order valence-corrected chi connectivity index (χ3v) is 4.69. The van der Waals surface area contributed by atoms with Gasteiger partial charge >= 0.3 is 0 Å². The maximum Gasteiger partial charge on any atom is 0.157 e. The van der Waals surface area contributed by atoms with Gasteiger partial charge in [-0.2, -0.15) is 0 Å². The van der Waals surface area contributed by atoms with E-state index in [1.165, 1.54) is 16.5 Å². The van der Waals surface area contributed by atoms with Crippen molar-refractivity contribution in [2.24, 2.45) is 5.84 Å². The summed E-state index contributed by atoms with van der Waals surface area (Å²) in [7, 11) is 0. The number of benzene rings is 1. The number of para-hydroxylation sites is 1. The van der Waals surface area contributed by atoms with E-state index in [0.29, 0.717) is 5.82 Å². The Morgan fingerprint density at radius 2 is 2.10 bits per heavy atom. The number of nitrogens with one attached hydrogen (secondary N) is 1. The fraction of sp³-hybridized carbons (Fsp3) is 0.154. The molecule has 3 N–H and O–H groups in total. The molecule has 3 rings (SSSR count). The van der Waals surface area contributed by atoms with Crippen LogP contribution in [0.1, 0.15) is 12.7 Å². The number of hydrogen-bond donors (Lipinski definition) is 2. The van der Waals surface area contributed by atoms with E-state index in [4.69, 9.17) is 5.84 Å². The van der Waals surface area contributed by atoms with Crippen LogP contribution in [-0.2, 0) is 6.42 Å². The third kappa shape index (κ3) is 2.74. The molecule has 20 heavy (non-hydrogen) atoms. The van der Waals surface area contributed by atoms with E-state index in [0.717, 1.165) is 27.1 Å². The molecular formula is C13H13N5S2. The van der Waals surface area contributed by atoms with Gasteiger partial charge in [0, 0.05) is 12.5 Å². The van der Waals surface area contributed by atoms with E-state index >= 15 is 0 Å². The second-order valence-electron chi connectivity index (χ2n) is 4.06. The molecule has 2 heterocycles. The van der Waals surface area contributed by atoms with Crippen LogP contribution in [0.15, 0.2) is 39.7 Å². The first kappa shape index (κ1) is 13.3. The number of nitrogen functional groups attached to an aromatic ring is 1. The van der Waals surface area contributed by atoms with Gasteiger partial charge in [-0.3, -0.25) is 0 Å². The zero-order valence-electron chi connectivity index (χ0n) is 10.8. The van der Waals surface area contributed by atoms with E-state index in [9.17, 15) is 0 Å². The first-order valence-electron chi connectivity index (χ1n) is 6.16. The number of aromatic nitrogens is 3. The molecule has 0 aliphatic carbocycles. The molecule has 0 fully saturated rings. The van der Waals surface area contributed by atoms with Crippen molar-refractivity contribution in [1.29, 1.82) is 0 Å². The minimum absolute atomic E-state index is 0.625. The number of aryl methyl sites for hydroxylation is 1. The van der Waals surface area contributed by atoms with Gasteiger partial charge in [-0.05, 0) is 23.9 Å². The SMILES string of the molecule is CCc1nc(NN)cc(Sc2nc3ccccc3s2)n1. The highest BCUT2D eigenvalue weighted by Gasteiger charge is 2.08. The van der Waals surface area contributed by atoms with Crippen LogP contribution in [0.2, 0.25) is 0 Å². The summed E-state index contributed by atoms with van der Waals surface area (Å²) in [4.78, 5) is 13.4. The first-order valence-corrected chi connectivity index (χ1v) is 7.80. The fourth-order valence-corrected chi connectivity index (χ4v) is 3.77. The Kier molecular flexibility index (Phi) is 3.81. The number of thiazole rings is 1. The van der Waals surface area contributed by atoms with Crippen molar-refractivity contribution < 1.29 is 0 Å². The van der Waals surface area contributed by atoms with Gasteiger partial charge in [-0.1, -0.05) is 19.1 Å². The number of hydrazine groups is 1. The lowest BCUT2D eigenvalue weighted by Gasteiger charge is -2.04. The molecule has 5 nitrogen and oxygen atoms in total. The maximum atomic E-state index is 5.43. The summed E-state index contributed by atoms with van der Waals surface area (Å²) < 4.78 is 2.15. The predicted octanol–water partition coefficient (Wildman–Crippen LogP) is 3.09. The number of anilines is 1. The Bertz CT molecular complexity index is 685. The van der Waals surface area contributed by atoms with E-state index in [1.807, 2.05) is 31.2 Å². The van der Waals surface area contributed by atoms with Crippen molar-refractivity contribution in [1.82, 2.24) is 15.0 Å². The van der Waals surface area contributed by atoms with Crippen LogP contribution in [0.25, 0.3) is 10.2 Å². The molecule has 7 heteroatoms. The maximum absolute atomic E-state index is 5.43. The van der Waals surface area contributed by atoms with Crippen LogP contribution in [0.5, 0.6) is 0 Å². The first-order chi connectivity index (χ1) is 9.78. The van der Waals surface area contributed by atoms with Gasteiger partial charge in [0.15, 0.2) is 4.34 Å². The van der Waals surface area contributed by atoms with Gasteiger partial charge in [-0.15, -0.1) is 11.3 Å². The van der Waals surface area contributed by atoms with Gasteiger partial charge in [-0.25, -0.2) is 20.8 Å². The Morgan fingerprint density at radius 3 is 2.85 bits per heavy atom. The van der Waals surface area contributed by atoms with Crippen LogP contribution >= 0.6 is 23.1 Å². The zero-order valence-corrected chi connectivity index (χ0v) is 12.5. The monoisotopic (exact) mass is 303 g/mol. The molecule has 0 aliphatic rings. The molecule has 0 atom stereocenters. The topological polar surface area (TPSA) is 76.7 Å². The van der Waals surface area contributed by atoms with Crippen LogP contribution < -0.4 is 11.3 Å². The van der Waals surface area contributed by atoms with Crippen molar-refractivity contribution >= 4 is 39.1 Å². The number of fused-ring (bicyclic) bond motifs is 1. The third-order valence-electron chi connectivity index (χ3n) is 2.68. The van der Waals surface area contributed by atoms with E-state index < -0.39 is 0 Å². The largest absolute Gasteiger partial charge is 0.308 e. The predicted molar refractivity (Wildman–Crippen MR) is 83.0 cm³/mol. The number of hydrogen-bond acceptors (Lipinski definition) is 7. The van der Waals surface area contributed by atoms with Crippen molar-refractivity contribution in [3.05, 3.63) is 36.2 Å². The summed E-state index contributed by atoms with van der Waals surface area (Å²) in [5.74, 6) is 6.83. The zero-order chi connectivity index (χ0) is 13.9. The van der Waals surface area contributed by atoms with Crippen LogP contribution in [0, 0.1) is 0 Å². The Labute approximate surface area is 124 Å². The molecule has 0 saturated heterocycles. The highest BCUT2D eigenvalue weighted by atomic mass is 32.2. The van der Waals surface area contributed by atoms with Gasteiger partial charge in [0.05, 0.1) is 10.2 Å². The number of nitrogens with two attached hydrogens (primary N) is 1. The van der Waals surface area contributed by atoms with Crippen molar-refractivity contribution in [3.63, 3.8) is 0 Å². The van der Waals surface area contributed by atoms with Crippen LogP contribution in [0.3, 0.4) is 0 Å². The lowest BCUT2D eigenvalue weighted by atomic mass is 10.3. The summed E-state index contributed by atoms with van der Waals surface area (Å²) in [6, 6.07) is 9.93. The van der Waals surface area contributed by atoms with E-state index in [2.05, 4.69) is 26.4 Å². The molecule has 0 aliphatic heterocycles. The molecule has 0 amide bonds. The van der Waals surface area contributed by atoms with Gasteiger partial charge in [0.25, 0.3) is 0 Å². The Morgan fingerprint density at radius 1 is 1.25 bits per heavy atom. The Hall–Kier alpha value is -1.70. The lowest BCUT2D eigenvalue weighted by Crippen LogP contribution is -2.10. The molecule has 102 valence electrons. The lowest BCUT2D eigenvalue weighted by molar-refractivity contribution is 0.888. The minimum Gasteiger partial charge on any atom is -0.308 e. The smallest absolute Gasteiger partial charge is 0.157 e. The second-order valence-corrected chi connectivity index (χ2v) is 6.35. The van der Waals surface area contributed by atoms with Gasteiger partial charge in [0.2, 0.25) is 0 Å². The molecule has 0 radical (unpaired) electrons. The minimum atomic E-state index is 0.625. The number of nitrogens with zero attached hydrogens (tertiary/aromatic N) is 3. The van der Waals surface area contributed by atoms with E-state index in [1.54, 1.807) is 11.3 Å². The van der Waals surface area contributed by atoms with E-state index in [-0.39, 0.29) is 0 Å². The van der Waals surface area contributed by atoms with Crippen molar-refractivity contribution in [3.8, 4) is 0 Å². The highest BCUT2D eigenvalue weighted by molar-refractivity contribution is 8.01. The van der Waals surface area contributed by atoms with Crippen molar-refractivity contribution in [2.45, 2.75) is 22.7 Å². The molecule has 0 bridgehead atoms. The standard InChI is InChI=1S/C13H13N5S2/c1-2-10-16-11(18-14)7-12(17-10)20-13-15-8-5-3-4-6-9(8)19-13/h3-7H,2,14H2,1H3,(H,16,17,18). The highest BCUT2D eigenvalue weighted by Crippen LogP contribution is 2.33. The average molecular weight is 303 g/mol. The average Bonchev–Trinajstić information content (AvgIpc) is 2.88. The molecule has 0 saturated carbocycles. The van der Waals surface area contributed by atoms with Crippen molar-refractivity contribution in [2.75, 3.05) is 5.43 Å². The summed E-state index contributed by atoms with van der Waals surface area (Å²) in [6.07, 6.45) is 0.767. The summed E-state index contributed by atoms with van der Waals surface area (Å²) in [5.41, 5.74) is 3.59. The normalized spacial score (nSPS) is 10.9. The van der Waals surface area contributed by atoms with Gasteiger partial charge in [0.1, 0.15) is 16.7 Å². The summed E-state index contributed by atoms with van der Waals surface area (Å²) in [5, 5.41) is 0.851. The molecular weight excluding hydrogens is 290 g/mol. The molecule has 0 spiro atoms. The Balaban J connectivity index is 1.93. The van der Waals surface area contributed by atoms with Gasteiger partial charge < -0.3 is 5.43 Å². The molecule has 0 unspecified atom stereocenters. The summed E-state index contributed by atoms with van der Waals surface area (Å²) >= 11 is 3.19. The quantitative estimate of drug-likeness (QED) is 0.438. The van der Waals surface area contributed by atoms with Crippen LogP contribution in [0.4, 0.5) is 5.82 Å². The molecule has 2 aromatic heterocycles. The second kappa shape index (κ2) is 5.74. The fourth-order valence-electron chi connectivity index (χ4n) is 1.74. The number of rotatable bonds is 4. The van der Waals surface area contributed by atoms with Crippen LogP contribution in [-0.4, -0.2) is 15.0 Å². The molecule has 1 aromatic carbocycles.